The Morgan fingerprint density at radius 2 is 2.12 bits per heavy atom. The number of hydrazine groups is 1. The highest BCUT2D eigenvalue weighted by Gasteiger charge is 2.13. The molecule has 0 atom stereocenters. The molecule has 0 aromatic carbocycles. The molecule has 1 heterocycles. The SMILES string of the molecule is CN(Cc1ccnc(NN)c1)CC(C)(C)C. The lowest BCUT2D eigenvalue weighted by Crippen LogP contribution is -2.28. The van der Waals surface area contributed by atoms with E-state index < -0.39 is 0 Å². The van der Waals surface area contributed by atoms with Gasteiger partial charge in [0.1, 0.15) is 5.82 Å². The molecule has 3 N–H and O–H groups in total. The molecule has 1 aromatic rings. The molecule has 0 fully saturated rings. The Bertz CT molecular complexity index is 330. The van der Waals surface area contributed by atoms with Gasteiger partial charge in [0.2, 0.25) is 0 Å². The van der Waals surface area contributed by atoms with Gasteiger partial charge in [0.15, 0.2) is 0 Å². The number of hydrogen-bond acceptors (Lipinski definition) is 4. The second-order valence-corrected chi connectivity index (χ2v) is 5.43. The number of nitrogens with two attached hydrogens (primary N) is 1. The van der Waals surface area contributed by atoms with E-state index in [1.165, 1.54) is 5.56 Å². The highest BCUT2D eigenvalue weighted by Crippen LogP contribution is 2.16. The Labute approximate surface area is 97.8 Å². The quantitative estimate of drug-likeness (QED) is 0.603. The molecule has 90 valence electrons. The molecule has 4 heteroatoms. The molecule has 1 aromatic heterocycles. The first kappa shape index (κ1) is 12.9. The first-order valence-electron chi connectivity index (χ1n) is 5.51. The van der Waals surface area contributed by atoms with Crippen LogP contribution in [0.5, 0.6) is 0 Å². The summed E-state index contributed by atoms with van der Waals surface area (Å²) in [5.74, 6) is 6.04. The number of nitrogens with one attached hydrogen (secondary N) is 1. The maximum absolute atomic E-state index is 5.33. The van der Waals surface area contributed by atoms with Gasteiger partial charge in [-0.1, -0.05) is 20.8 Å². The van der Waals surface area contributed by atoms with Crippen molar-refractivity contribution in [2.45, 2.75) is 27.3 Å². The summed E-state index contributed by atoms with van der Waals surface area (Å²) in [4.78, 5) is 6.39. The van der Waals surface area contributed by atoms with Gasteiger partial charge in [-0.15, -0.1) is 0 Å². The molecular weight excluding hydrogens is 200 g/mol. The van der Waals surface area contributed by atoms with Gasteiger partial charge in [-0.25, -0.2) is 10.8 Å². The Morgan fingerprint density at radius 3 is 2.69 bits per heavy atom. The summed E-state index contributed by atoms with van der Waals surface area (Å²) in [7, 11) is 2.13. The molecule has 0 unspecified atom stereocenters. The molecule has 0 saturated carbocycles. The first-order valence-corrected chi connectivity index (χ1v) is 5.51. The lowest BCUT2D eigenvalue weighted by molar-refractivity contribution is 0.221. The zero-order valence-corrected chi connectivity index (χ0v) is 10.6. The molecule has 0 spiro atoms. The lowest BCUT2D eigenvalue weighted by atomic mass is 9.96. The summed E-state index contributed by atoms with van der Waals surface area (Å²) in [6.07, 6.45) is 1.77. The number of nitrogen functional groups attached to an aromatic ring is 1. The second-order valence-electron chi connectivity index (χ2n) is 5.43. The predicted molar refractivity (Wildman–Crippen MR) is 67.8 cm³/mol. The fourth-order valence-electron chi connectivity index (χ4n) is 1.83. The summed E-state index contributed by atoms with van der Waals surface area (Å²) >= 11 is 0. The minimum atomic E-state index is 0.316. The molecule has 0 bridgehead atoms. The van der Waals surface area contributed by atoms with Crippen molar-refractivity contribution in [3.8, 4) is 0 Å². The third-order valence-electron chi connectivity index (χ3n) is 2.17. The van der Waals surface area contributed by atoms with Gasteiger partial charge >= 0.3 is 0 Å². The largest absolute Gasteiger partial charge is 0.308 e. The maximum atomic E-state index is 5.33. The second kappa shape index (κ2) is 5.27. The zero-order chi connectivity index (χ0) is 12.2. The van der Waals surface area contributed by atoms with Crippen LogP contribution in [0.25, 0.3) is 0 Å². The number of pyridine rings is 1. The molecule has 0 aliphatic heterocycles. The third kappa shape index (κ3) is 4.59. The topological polar surface area (TPSA) is 54.2 Å². The highest BCUT2D eigenvalue weighted by molar-refractivity contribution is 5.35. The van der Waals surface area contributed by atoms with E-state index in [9.17, 15) is 0 Å². The van der Waals surface area contributed by atoms with Gasteiger partial charge in [-0.3, -0.25) is 0 Å². The van der Waals surface area contributed by atoms with Crippen LogP contribution in [0.2, 0.25) is 0 Å². The lowest BCUT2D eigenvalue weighted by Gasteiger charge is -2.26. The zero-order valence-electron chi connectivity index (χ0n) is 10.6. The fraction of sp³-hybridized carbons (Fsp3) is 0.583. The van der Waals surface area contributed by atoms with Gasteiger partial charge in [0.05, 0.1) is 0 Å². The van der Waals surface area contributed by atoms with Crippen LogP contribution in [-0.2, 0) is 6.54 Å². The van der Waals surface area contributed by atoms with Crippen molar-refractivity contribution in [3.05, 3.63) is 23.9 Å². The van der Waals surface area contributed by atoms with Crippen molar-refractivity contribution < 1.29 is 0 Å². The average Bonchev–Trinajstić information content (AvgIpc) is 2.15. The third-order valence-corrected chi connectivity index (χ3v) is 2.17. The molecule has 0 amide bonds. The van der Waals surface area contributed by atoms with E-state index in [4.69, 9.17) is 5.84 Å². The van der Waals surface area contributed by atoms with Crippen LogP contribution in [0, 0.1) is 5.41 Å². The number of anilines is 1. The summed E-state index contributed by atoms with van der Waals surface area (Å²) in [5.41, 5.74) is 4.09. The van der Waals surface area contributed by atoms with Gasteiger partial charge in [-0.05, 0) is 30.2 Å². The van der Waals surface area contributed by atoms with E-state index in [2.05, 4.69) is 43.1 Å². The number of hydrogen-bond donors (Lipinski definition) is 2. The van der Waals surface area contributed by atoms with Crippen LogP contribution in [0.15, 0.2) is 18.3 Å². The Morgan fingerprint density at radius 1 is 1.44 bits per heavy atom. The Kier molecular flexibility index (Phi) is 4.26. The van der Waals surface area contributed by atoms with Crippen LogP contribution >= 0.6 is 0 Å². The first-order chi connectivity index (χ1) is 7.40. The van der Waals surface area contributed by atoms with Gasteiger partial charge < -0.3 is 10.3 Å². The van der Waals surface area contributed by atoms with Crippen molar-refractivity contribution in [2.75, 3.05) is 19.0 Å². The van der Waals surface area contributed by atoms with E-state index in [1.54, 1.807) is 6.20 Å². The molecule has 1 rings (SSSR count). The van der Waals surface area contributed by atoms with Crippen LogP contribution in [0.4, 0.5) is 5.82 Å². The van der Waals surface area contributed by atoms with Gasteiger partial charge in [-0.2, -0.15) is 0 Å². The van der Waals surface area contributed by atoms with Crippen LogP contribution < -0.4 is 11.3 Å². The fourth-order valence-corrected chi connectivity index (χ4v) is 1.83. The summed E-state index contributed by atoms with van der Waals surface area (Å²) < 4.78 is 0. The molecule has 4 nitrogen and oxygen atoms in total. The smallest absolute Gasteiger partial charge is 0.140 e. The van der Waals surface area contributed by atoms with Gasteiger partial charge in [0.25, 0.3) is 0 Å². The van der Waals surface area contributed by atoms with Crippen LogP contribution in [0.1, 0.15) is 26.3 Å². The van der Waals surface area contributed by atoms with E-state index in [1.807, 2.05) is 12.1 Å². The van der Waals surface area contributed by atoms with Gasteiger partial charge in [0, 0.05) is 19.3 Å². The predicted octanol–water partition coefficient (Wildman–Crippen LogP) is 1.85. The van der Waals surface area contributed by atoms with Crippen LogP contribution in [0.3, 0.4) is 0 Å². The Hall–Kier alpha value is -1.13. The van der Waals surface area contributed by atoms with E-state index in [0.29, 0.717) is 11.2 Å². The highest BCUT2D eigenvalue weighted by atomic mass is 15.2. The molecular formula is C12H22N4. The van der Waals surface area contributed by atoms with E-state index >= 15 is 0 Å². The summed E-state index contributed by atoms with van der Waals surface area (Å²) in [5, 5.41) is 0. The van der Waals surface area contributed by atoms with Crippen LogP contribution in [-0.4, -0.2) is 23.5 Å². The average molecular weight is 222 g/mol. The van der Waals surface area contributed by atoms with E-state index in [0.717, 1.165) is 13.1 Å². The van der Waals surface area contributed by atoms with Crippen molar-refractivity contribution in [2.24, 2.45) is 11.3 Å². The van der Waals surface area contributed by atoms with Crippen molar-refractivity contribution in [1.82, 2.24) is 9.88 Å². The summed E-state index contributed by atoms with van der Waals surface area (Å²) in [6, 6.07) is 3.99. The molecule has 0 aliphatic rings. The number of rotatable bonds is 4. The monoisotopic (exact) mass is 222 g/mol. The summed E-state index contributed by atoms with van der Waals surface area (Å²) in [6.45, 7) is 8.68. The molecule has 0 saturated heterocycles. The maximum Gasteiger partial charge on any atom is 0.140 e. The molecule has 0 aliphatic carbocycles. The normalized spacial score (nSPS) is 11.9. The molecule has 0 radical (unpaired) electrons. The molecule has 16 heavy (non-hydrogen) atoms. The van der Waals surface area contributed by atoms with Crippen molar-refractivity contribution >= 4 is 5.82 Å². The van der Waals surface area contributed by atoms with Crippen molar-refractivity contribution in [1.29, 1.82) is 0 Å². The van der Waals surface area contributed by atoms with Crippen molar-refractivity contribution in [3.63, 3.8) is 0 Å². The number of nitrogens with zero attached hydrogens (tertiary/aromatic N) is 2. The standard InChI is InChI=1S/C12H22N4/c1-12(2,3)9-16(4)8-10-5-6-14-11(7-10)15-13/h5-7H,8-9,13H2,1-4H3,(H,14,15). The minimum Gasteiger partial charge on any atom is -0.308 e. The Balaban J connectivity index is 2.59. The number of aromatic nitrogens is 1. The van der Waals surface area contributed by atoms with E-state index in [-0.39, 0.29) is 0 Å². The minimum absolute atomic E-state index is 0.316.